The Balaban J connectivity index is 1.07. The lowest BCUT2D eigenvalue weighted by Gasteiger charge is -2.34. The number of nitrogens with zero attached hydrogens (tertiary/aromatic N) is 6. The zero-order valence-corrected chi connectivity index (χ0v) is 24.1. The van der Waals surface area contributed by atoms with Crippen molar-refractivity contribution in [2.24, 2.45) is 0 Å². The molecule has 40 heavy (non-hydrogen) atoms. The summed E-state index contributed by atoms with van der Waals surface area (Å²) >= 11 is 1.31. The Morgan fingerprint density at radius 3 is 2.38 bits per heavy atom. The number of aromatic nitrogens is 4. The maximum atomic E-state index is 12.6. The molecule has 0 aliphatic carbocycles. The van der Waals surface area contributed by atoms with Crippen LogP contribution in [0.25, 0.3) is 5.78 Å². The maximum Gasteiger partial charge on any atom is 0.253 e. The van der Waals surface area contributed by atoms with Gasteiger partial charge in [0.15, 0.2) is 0 Å². The molecular formula is C30H35N7O2S. The van der Waals surface area contributed by atoms with E-state index in [-0.39, 0.29) is 17.6 Å². The number of thioether (sulfide) groups is 1. The normalized spacial score (nSPS) is 14.0. The molecule has 1 saturated heterocycles. The zero-order chi connectivity index (χ0) is 28.1. The van der Waals surface area contributed by atoms with E-state index in [4.69, 9.17) is 0 Å². The van der Waals surface area contributed by atoms with Crippen LogP contribution in [0.3, 0.4) is 0 Å². The van der Waals surface area contributed by atoms with E-state index >= 15 is 0 Å². The molecular weight excluding hydrogens is 522 g/mol. The first kappa shape index (κ1) is 27.8. The number of hydrogen-bond acceptors (Lipinski definition) is 7. The molecule has 2 amide bonds. The predicted molar refractivity (Wildman–Crippen MR) is 157 cm³/mol. The second kappa shape index (κ2) is 12.6. The molecule has 9 nitrogen and oxygen atoms in total. The Kier molecular flexibility index (Phi) is 8.76. The lowest BCUT2D eigenvalue weighted by molar-refractivity contribution is -0.118. The third-order valence-corrected chi connectivity index (χ3v) is 8.13. The van der Waals surface area contributed by atoms with Crippen molar-refractivity contribution in [2.45, 2.75) is 32.3 Å². The molecule has 0 bridgehead atoms. The van der Waals surface area contributed by atoms with Crippen LogP contribution in [0, 0.1) is 20.8 Å². The van der Waals surface area contributed by atoms with E-state index in [9.17, 15) is 9.59 Å². The van der Waals surface area contributed by atoms with Gasteiger partial charge in [0.2, 0.25) is 11.1 Å². The number of carbonyl (C=O) groups excluding carboxylic acids is 2. The fourth-order valence-corrected chi connectivity index (χ4v) is 5.54. The summed E-state index contributed by atoms with van der Waals surface area (Å²) in [6.45, 7) is 10.4. The first-order valence-corrected chi connectivity index (χ1v) is 14.6. The van der Waals surface area contributed by atoms with Crippen molar-refractivity contribution in [3.05, 3.63) is 88.2 Å². The van der Waals surface area contributed by atoms with Crippen LogP contribution in [0.4, 0.5) is 0 Å². The van der Waals surface area contributed by atoms with E-state index in [0.717, 1.165) is 48.6 Å². The van der Waals surface area contributed by atoms with Gasteiger partial charge in [-0.15, -0.1) is 5.10 Å². The van der Waals surface area contributed by atoms with Crippen LogP contribution >= 0.6 is 11.8 Å². The van der Waals surface area contributed by atoms with Crippen LogP contribution in [-0.4, -0.2) is 86.2 Å². The monoisotopic (exact) mass is 557 g/mol. The Labute approximate surface area is 239 Å². The molecule has 0 saturated carbocycles. The highest BCUT2D eigenvalue weighted by Gasteiger charge is 2.22. The van der Waals surface area contributed by atoms with Gasteiger partial charge in [0.1, 0.15) is 0 Å². The topological polar surface area (TPSA) is 95.7 Å². The van der Waals surface area contributed by atoms with Crippen molar-refractivity contribution in [1.82, 2.24) is 34.7 Å². The molecule has 1 N–H and O–H groups in total. The number of amides is 2. The van der Waals surface area contributed by atoms with Gasteiger partial charge < -0.3 is 10.2 Å². The minimum atomic E-state index is -0.0531. The van der Waals surface area contributed by atoms with Crippen LogP contribution < -0.4 is 5.32 Å². The number of piperazine rings is 1. The van der Waals surface area contributed by atoms with Crippen LogP contribution in [0.1, 0.15) is 38.4 Å². The molecule has 0 unspecified atom stereocenters. The van der Waals surface area contributed by atoms with Gasteiger partial charge in [-0.05, 0) is 44.0 Å². The van der Waals surface area contributed by atoms with Gasteiger partial charge in [0, 0.05) is 62.6 Å². The Morgan fingerprint density at radius 2 is 1.65 bits per heavy atom. The Bertz CT molecular complexity index is 1480. The highest BCUT2D eigenvalue weighted by molar-refractivity contribution is 7.99. The predicted octanol–water partition coefficient (Wildman–Crippen LogP) is 3.31. The van der Waals surface area contributed by atoms with E-state index < -0.39 is 0 Å². The molecule has 3 heterocycles. The van der Waals surface area contributed by atoms with Crippen LogP contribution in [0.5, 0.6) is 0 Å². The molecule has 0 atom stereocenters. The summed E-state index contributed by atoms with van der Waals surface area (Å²) < 4.78 is 1.78. The van der Waals surface area contributed by atoms with E-state index in [2.05, 4.69) is 56.5 Å². The van der Waals surface area contributed by atoms with Crippen molar-refractivity contribution in [3.8, 4) is 0 Å². The summed E-state index contributed by atoms with van der Waals surface area (Å²) in [7, 11) is 0. The summed E-state index contributed by atoms with van der Waals surface area (Å²) in [4.78, 5) is 38.5. The van der Waals surface area contributed by atoms with E-state index in [0.29, 0.717) is 30.6 Å². The van der Waals surface area contributed by atoms with Gasteiger partial charge in [0.05, 0.1) is 5.75 Å². The number of aryl methyl sites for hydroxylation is 3. The Morgan fingerprint density at radius 1 is 0.925 bits per heavy atom. The van der Waals surface area contributed by atoms with Gasteiger partial charge >= 0.3 is 0 Å². The molecule has 208 valence electrons. The molecule has 1 fully saturated rings. The summed E-state index contributed by atoms with van der Waals surface area (Å²) in [6.07, 6.45) is 0.782. The third kappa shape index (κ3) is 6.68. The highest BCUT2D eigenvalue weighted by atomic mass is 32.2. The quantitative estimate of drug-likeness (QED) is 0.316. The van der Waals surface area contributed by atoms with E-state index in [1.807, 2.05) is 49.1 Å². The second-order valence-electron chi connectivity index (χ2n) is 10.2. The maximum absolute atomic E-state index is 12.6. The average Bonchev–Trinajstić information content (AvgIpc) is 3.38. The molecule has 0 spiro atoms. The van der Waals surface area contributed by atoms with Crippen LogP contribution in [0.15, 0.2) is 59.8 Å². The van der Waals surface area contributed by atoms with Gasteiger partial charge in [0.25, 0.3) is 11.7 Å². The molecule has 2 aromatic carbocycles. The van der Waals surface area contributed by atoms with Crippen molar-refractivity contribution >= 4 is 29.4 Å². The number of rotatable bonds is 9. The lowest BCUT2D eigenvalue weighted by atomic mass is 10.0. The largest absolute Gasteiger partial charge is 0.354 e. The number of fused-ring (bicyclic) bond motifs is 1. The highest BCUT2D eigenvalue weighted by Crippen LogP contribution is 2.21. The zero-order valence-electron chi connectivity index (χ0n) is 23.3. The summed E-state index contributed by atoms with van der Waals surface area (Å²) in [6, 6.07) is 17.9. The molecule has 2 aromatic heterocycles. The van der Waals surface area contributed by atoms with E-state index in [1.54, 1.807) is 4.52 Å². The molecule has 4 aromatic rings. The van der Waals surface area contributed by atoms with Gasteiger partial charge in [-0.2, -0.15) is 4.98 Å². The van der Waals surface area contributed by atoms with Gasteiger partial charge in [-0.3, -0.25) is 14.5 Å². The summed E-state index contributed by atoms with van der Waals surface area (Å²) in [5.41, 5.74) is 6.29. The van der Waals surface area contributed by atoms with Crippen molar-refractivity contribution < 1.29 is 9.59 Å². The van der Waals surface area contributed by atoms with Gasteiger partial charge in [-0.1, -0.05) is 59.8 Å². The second-order valence-corrected chi connectivity index (χ2v) is 11.1. The number of hydrogen-bond donors (Lipinski definition) is 1. The minimum absolute atomic E-state index is 0.0531. The SMILES string of the molecule is Cc1ccc(Cc2c(C)nc3nc(SCC(=O)NCCN4CCN(C(=O)c5ccccc5)CC4)nn3c2C)cc1. The van der Waals surface area contributed by atoms with Crippen molar-refractivity contribution in [3.63, 3.8) is 0 Å². The fraction of sp³-hybridized carbons (Fsp3) is 0.367. The van der Waals surface area contributed by atoms with Crippen LogP contribution in [-0.2, 0) is 11.2 Å². The molecule has 1 aliphatic rings. The fourth-order valence-electron chi connectivity index (χ4n) is 4.89. The first-order chi connectivity index (χ1) is 19.4. The summed E-state index contributed by atoms with van der Waals surface area (Å²) in [5, 5.41) is 8.16. The van der Waals surface area contributed by atoms with E-state index in [1.165, 1.54) is 22.9 Å². The molecule has 1 aliphatic heterocycles. The molecule has 5 rings (SSSR count). The van der Waals surface area contributed by atoms with Gasteiger partial charge in [-0.25, -0.2) is 9.50 Å². The smallest absolute Gasteiger partial charge is 0.253 e. The molecule has 10 heteroatoms. The standard InChI is InChI=1S/C30H35N7O2S/c1-21-9-11-24(12-10-21)19-26-22(2)32-29-33-30(34-37(29)23(26)3)40-20-27(38)31-13-14-35-15-17-36(18-16-35)28(39)25-7-5-4-6-8-25/h4-12H,13-20H2,1-3H3,(H,31,38). The average molecular weight is 558 g/mol. The lowest BCUT2D eigenvalue weighted by Crippen LogP contribution is -2.50. The molecule has 0 radical (unpaired) electrons. The third-order valence-electron chi connectivity index (χ3n) is 7.29. The number of benzene rings is 2. The summed E-state index contributed by atoms with van der Waals surface area (Å²) in [5.74, 6) is 0.817. The van der Waals surface area contributed by atoms with Crippen molar-refractivity contribution in [1.29, 1.82) is 0 Å². The number of nitrogens with one attached hydrogen (secondary N) is 1. The van der Waals surface area contributed by atoms with Crippen LogP contribution in [0.2, 0.25) is 0 Å². The minimum Gasteiger partial charge on any atom is -0.354 e. The van der Waals surface area contributed by atoms with Crippen molar-refractivity contribution in [2.75, 3.05) is 45.0 Å². The first-order valence-electron chi connectivity index (χ1n) is 13.6. The Hall–Kier alpha value is -3.76. The number of carbonyl (C=O) groups is 2.